The average molecular weight is 348 g/mol. The number of nitrogens with zero attached hydrogens (tertiary/aromatic N) is 2. The molecule has 2 rings (SSSR count). The van der Waals surface area contributed by atoms with Crippen molar-refractivity contribution in [1.82, 2.24) is 10.2 Å². The fourth-order valence-electron chi connectivity index (χ4n) is 2.85. The zero-order valence-electron chi connectivity index (χ0n) is 16.0. The summed E-state index contributed by atoms with van der Waals surface area (Å²) in [6.45, 7) is 9.04. The van der Waals surface area contributed by atoms with Crippen LogP contribution in [0, 0.1) is 6.92 Å². The zero-order valence-corrected chi connectivity index (χ0v) is 16.0. The smallest absolute Gasteiger partial charge is 0.193 e. The van der Waals surface area contributed by atoms with E-state index in [0.717, 1.165) is 64.7 Å². The van der Waals surface area contributed by atoms with Crippen molar-refractivity contribution in [2.75, 3.05) is 40.0 Å². The first-order chi connectivity index (χ1) is 12.2. The fourth-order valence-corrected chi connectivity index (χ4v) is 2.85. The first kappa shape index (κ1) is 19.7. The van der Waals surface area contributed by atoms with E-state index < -0.39 is 0 Å². The molecule has 1 unspecified atom stereocenters. The second-order valence-corrected chi connectivity index (χ2v) is 6.64. The topological polar surface area (TPSA) is 46.1 Å². The van der Waals surface area contributed by atoms with Crippen molar-refractivity contribution in [2.45, 2.75) is 45.8 Å². The highest BCUT2D eigenvalue weighted by atomic mass is 16.5. The minimum absolute atomic E-state index is 0.307. The van der Waals surface area contributed by atoms with Crippen molar-refractivity contribution in [1.29, 1.82) is 0 Å². The minimum Gasteiger partial charge on any atom is -0.379 e. The number of guanidine groups is 1. The van der Waals surface area contributed by atoms with Crippen molar-refractivity contribution in [2.24, 2.45) is 4.99 Å². The molecule has 1 N–H and O–H groups in total. The van der Waals surface area contributed by atoms with Gasteiger partial charge < -0.3 is 19.7 Å². The van der Waals surface area contributed by atoms with Crippen LogP contribution in [0.25, 0.3) is 0 Å². The quantitative estimate of drug-likeness (QED) is 0.424. The molecule has 0 saturated carbocycles. The van der Waals surface area contributed by atoms with Gasteiger partial charge in [-0.05, 0) is 38.7 Å². The minimum atomic E-state index is 0.307. The number of ether oxygens (including phenoxy) is 2. The second-order valence-electron chi connectivity index (χ2n) is 6.64. The Labute approximate surface area is 152 Å². The molecule has 1 aliphatic rings. The summed E-state index contributed by atoms with van der Waals surface area (Å²) < 4.78 is 11.3. The van der Waals surface area contributed by atoms with E-state index >= 15 is 0 Å². The summed E-state index contributed by atoms with van der Waals surface area (Å²) in [4.78, 5) is 6.88. The van der Waals surface area contributed by atoms with Gasteiger partial charge in [0.25, 0.3) is 0 Å². The van der Waals surface area contributed by atoms with Crippen LogP contribution in [-0.4, -0.2) is 56.9 Å². The number of rotatable bonds is 9. The number of hydrogen-bond acceptors (Lipinski definition) is 3. The molecule has 0 aromatic heterocycles. The molecule has 1 saturated heterocycles. The molecule has 1 aliphatic heterocycles. The Kier molecular flexibility index (Phi) is 8.77. The molecule has 5 nitrogen and oxygen atoms in total. The summed E-state index contributed by atoms with van der Waals surface area (Å²) in [5, 5.41) is 3.36. The molecule has 0 bridgehead atoms. The Morgan fingerprint density at radius 2 is 2.16 bits per heavy atom. The van der Waals surface area contributed by atoms with Gasteiger partial charge in [0.2, 0.25) is 0 Å². The third kappa shape index (κ3) is 7.45. The average Bonchev–Trinajstić information content (AvgIpc) is 3.12. The highest BCUT2D eigenvalue weighted by molar-refractivity contribution is 5.79. The third-order valence-corrected chi connectivity index (χ3v) is 4.27. The lowest BCUT2D eigenvalue weighted by atomic mass is 10.1. The SMILES string of the molecule is CCNC(=NCCCOCC1CCCO1)N(C)Cc1ccc(C)cc1. The second kappa shape index (κ2) is 11.1. The van der Waals surface area contributed by atoms with E-state index in [4.69, 9.17) is 14.5 Å². The van der Waals surface area contributed by atoms with Gasteiger partial charge in [0.05, 0.1) is 12.7 Å². The van der Waals surface area contributed by atoms with E-state index in [1.165, 1.54) is 11.1 Å². The first-order valence-corrected chi connectivity index (χ1v) is 9.43. The van der Waals surface area contributed by atoms with Gasteiger partial charge >= 0.3 is 0 Å². The zero-order chi connectivity index (χ0) is 17.9. The van der Waals surface area contributed by atoms with Crippen LogP contribution < -0.4 is 5.32 Å². The number of benzene rings is 1. The number of aryl methyl sites for hydroxylation is 1. The summed E-state index contributed by atoms with van der Waals surface area (Å²) in [5.74, 6) is 0.946. The molecule has 5 heteroatoms. The van der Waals surface area contributed by atoms with Gasteiger partial charge in [-0.3, -0.25) is 4.99 Å². The van der Waals surface area contributed by atoms with E-state index in [-0.39, 0.29) is 0 Å². The molecule has 25 heavy (non-hydrogen) atoms. The lowest BCUT2D eigenvalue weighted by molar-refractivity contribution is 0.0170. The predicted octanol–water partition coefficient (Wildman–Crippen LogP) is 2.98. The Balaban J connectivity index is 1.71. The van der Waals surface area contributed by atoms with Gasteiger partial charge in [-0.2, -0.15) is 0 Å². The molecular formula is C20H33N3O2. The normalized spacial score (nSPS) is 17.7. The van der Waals surface area contributed by atoms with Crippen LogP contribution in [0.2, 0.25) is 0 Å². The Bertz CT molecular complexity index is 510. The van der Waals surface area contributed by atoms with E-state index in [2.05, 4.69) is 55.4 Å². The highest BCUT2D eigenvalue weighted by Crippen LogP contribution is 2.12. The summed E-state index contributed by atoms with van der Waals surface area (Å²) in [7, 11) is 2.08. The summed E-state index contributed by atoms with van der Waals surface area (Å²) >= 11 is 0. The van der Waals surface area contributed by atoms with Crippen molar-refractivity contribution in [3.05, 3.63) is 35.4 Å². The summed E-state index contributed by atoms with van der Waals surface area (Å²) in [6, 6.07) is 8.65. The van der Waals surface area contributed by atoms with Gasteiger partial charge in [-0.15, -0.1) is 0 Å². The fraction of sp³-hybridized carbons (Fsp3) is 0.650. The molecule has 140 valence electrons. The molecule has 0 aliphatic carbocycles. The molecule has 0 amide bonds. The molecule has 0 spiro atoms. The Morgan fingerprint density at radius 3 is 2.84 bits per heavy atom. The predicted molar refractivity (Wildman–Crippen MR) is 103 cm³/mol. The number of hydrogen-bond donors (Lipinski definition) is 1. The Hall–Kier alpha value is -1.59. The molecule has 1 aromatic rings. The lowest BCUT2D eigenvalue weighted by Gasteiger charge is -2.22. The maximum Gasteiger partial charge on any atom is 0.193 e. The van der Waals surface area contributed by atoms with E-state index in [0.29, 0.717) is 6.10 Å². The van der Waals surface area contributed by atoms with Crippen molar-refractivity contribution >= 4 is 5.96 Å². The standard InChI is InChI=1S/C20H33N3O2/c1-4-21-20(23(3)15-18-10-8-17(2)9-11-18)22-12-6-13-24-16-19-7-5-14-25-19/h8-11,19H,4-7,12-16H2,1-3H3,(H,21,22). The Morgan fingerprint density at radius 1 is 1.36 bits per heavy atom. The monoisotopic (exact) mass is 347 g/mol. The van der Waals surface area contributed by atoms with E-state index in [9.17, 15) is 0 Å². The molecule has 1 atom stereocenters. The molecular weight excluding hydrogens is 314 g/mol. The van der Waals surface area contributed by atoms with Crippen LogP contribution in [0.5, 0.6) is 0 Å². The van der Waals surface area contributed by atoms with E-state index in [1.54, 1.807) is 0 Å². The van der Waals surface area contributed by atoms with Crippen molar-refractivity contribution < 1.29 is 9.47 Å². The maximum absolute atomic E-state index is 5.70. The number of aliphatic imine (C=N–C) groups is 1. The van der Waals surface area contributed by atoms with Crippen LogP contribution in [0.15, 0.2) is 29.3 Å². The lowest BCUT2D eigenvalue weighted by Crippen LogP contribution is -2.38. The number of nitrogens with one attached hydrogen (secondary N) is 1. The highest BCUT2D eigenvalue weighted by Gasteiger charge is 2.14. The van der Waals surface area contributed by atoms with E-state index in [1.807, 2.05) is 0 Å². The third-order valence-electron chi connectivity index (χ3n) is 4.27. The van der Waals surface area contributed by atoms with Crippen LogP contribution in [-0.2, 0) is 16.0 Å². The molecule has 0 radical (unpaired) electrons. The first-order valence-electron chi connectivity index (χ1n) is 9.43. The van der Waals surface area contributed by atoms with Gasteiger partial charge in [-0.25, -0.2) is 0 Å². The molecule has 1 aromatic carbocycles. The summed E-state index contributed by atoms with van der Waals surface area (Å²) in [5.41, 5.74) is 2.58. The van der Waals surface area contributed by atoms with Gasteiger partial charge in [-0.1, -0.05) is 29.8 Å². The molecule has 1 heterocycles. The van der Waals surface area contributed by atoms with Crippen LogP contribution in [0.3, 0.4) is 0 Å². The van der Waals surface area contributed by atoms with Gasteiger partial charge in [0, 0.05) is 39.9 Å². The van der Waals surface area contributed by atoms with Crippen molar-refractivity contribution in [3.8, 4) is 0 Å². The summed E-state index contributed by atoms with van der Waals surface area (Å²) in [6.07, 6.45) is 3.53. The van der Waals surface area contributed by atoms with Crippen LogP contribution in [0.4, 0.5) is 0 Å². The van der Waals surface area contributed by atoms with Crippen LogP contribution >= 0.6 is 0 Å². The maximum atomic E-state index is 5.70. The molecule has 1 fully saturated rings. The van der Waals surface area contributed by atoms with Gasteiger partial charge in [0.15, 0.2) is 5.96 Å². The van der Waals surface area contributed by atoms with Gasteiger partial charge in [0.1, 0.15) is 0 Å². The van der Waals surface area contributed by atoms with Crippen molar-refractivity contribution in [3.63, 3.8) is 0 Å². The van der Waals surface area contributed by atoms with Crippen LogP contribution in [0.1, 0.15) is 37.3 Å². The largest absolute Gasteiger partial charge is 0.379 e.